The van der Waals surface area contributed by atoms with E-state index in [1.807, 2.05) is 6.92 Å². The normalized spacial score (nSPS) is 16.9. The van der Waals surface area contributed by atoms with Crippen LogP contribution in [0.4, 0.5) is 0 Å². The zero-order chi connectivity index (χ0) is 14.4. The molecule has 2 N–H and O–H groups in total. The van der Waals surface area contributed by atoms with E-state index in [0.717, 1.165) is 24.1 Å². The number of rotatable bonds is 5. The van der Waals surface area contributed by atoms with Crippen LogP contribution in [0.3, 0.4) is 0 Å². The average Bonchev–Trinajstić information content (AvgIpc) is 2.81. The highest BCUT2D eigenvalue weighted by Gasteiger charge is 2.15. The molecule has 0 aliphatic heterocycles. The lowest BCUT2D eigenvalue weighted by atomic mass is 10.00. The van der Waals surface area contributed by atoms with Gasteiger partial charge >= 0.3 is 0 Å². The zero-order valence-corrected chi connectivity index (χ0v) is 13.1. The molecule has 0 aromatic carbocycles. The monoisotopic (exact) mass is 295 g/mol. The summed E-state index contributed by atoms with van der Waals surface area (Å²) in [6.45, 7) is 2.50. The predicted molar refractivity (Wildman–Crippen MR) is 83.4 cm³/mol. The number of carbonyl (C=O) groups excluding carboxylic acids is 1. The van der Waals surface area contributed by atoms with E-state index < -0.39 is 0 Å². The highest BCUT2D eigenvalue weighted by Crippen LogP contribution is 2.28. The van der Waals surface area contributed by atoms with Gasteiger partial charge in [0.15, 0.2) is 0 Å². The Labute approximate surface area is 125 Å². The van der Waals surface area contributed by atoms with Gasteiger partial charge < -0.3 is 10.4 Å². The molecule has 112 valence electrons. The van der Waals surface area contributed by atoms with Crippen LogP contribution < -0.4 is 5.32 Å². The fourth-order valence-corrected chi connectivity index (χ4v) is 3.77. The standard InChI is InChI=1S/C16H25NO2S/c1-2-13(18)9-10-17-16(19)15-11-12-7-5-3-4-6-8-14(12)20-15/h11,13,18H,2-10H2,1H3,(H,17,19). The third kappa shape index (κ3) is 4.32. The van der Waals surface area contributed by atoms with E-state index in [2.05, 4.69) is 11.4 Å². The Hall–Kier alpha value is -0.870. The van der Waals surface area contributed by atoms with Gasteiger partial charge in [0.1, 0.15) is 0 Å². The van der Waals surface area contributed by atoms with E-state index in [1.54, 1.807) is 11.3 Å². The van der Waals surface area contributed by atoms with Crippen LogP contribution in [-0.4, -0.2) is 23.7 Å². The van der Waals surface area contributed by atoms with E-state index >= 15 is 0 Å². The SMILES string of the molecule is CCC(O)CCNC(=O)c1cc2c(s1)CCCCCC2. The highest BCUT2D eigenvalue weighted by atomic mass is 32.1. The first-order valence-electron chi connectivity index (χ1n) is 7.78. The number of amides is 1. The van der Waals surface area contributed by atoms with Crippen molar-refractivity contribution in [2.75, 3.05) is 6.54 Å². The molecule has 20 heavy (non-hydrogen) atoms. The number of aliphatic hydroxyl groups excluding tert-OH is 1. The van der Waals surface area contributed by atoms with Gasteiger partial charge in [0.25, 0.3) is 5.91 Å². The minimum absolute atomic E-state index is 0.0186. The lowest BCUT2D eigenvalue weighted by Gasteiger charge is -2.07. The van der Waals surface area contributed by atoms with Crippen molar-refractivity contribution in [1.29, 1.82) is 0 Å². The summed E-state index contributed by atoms with van der Waals surface area (Å²) in [6, 6.07) is 2.08. The van der Waals surface area contributed by atoms with E-state index in [9.17, 15) is 9.90 Å². The second-order valence-electron chi connectivity index (χ2n) is 5.58. The topological polar surface area (TPSA) is 49.3 Å². The molecule has 0 saturated carbocycles. The van der Waals surface area contributed by atoms with Gasteiger partial charge in [-0.1, -0.05) is 19.8 Å². The number of thiophene rings is 1. The second-order valence-corrected chi connectivity index (χ2v) is 6.72. The third-order valence-corrected chi connectivity index (χ3v) is 5.19. The van der Waals surface area contributed by atoms with Crippen LogP contribution in [0.2, 0.25) is 0 Å². The summed E-state index contributed by atoms with van der Waals surface area (Å²) in [4.78, 5) is 14.4. The first kappa shape index (κ1) is 15.5. The first-order chi connectivity index (χ1) is 9.70. The van der Waals surface area contributed by atoms with Crippen molar-refractivity contribution < 1.29 is 9.90 Å². The molecular formula is C16H25NO2S. The Morgan fingerprint density at radius 2 is 2.10 bits per heavy atom. The van der Waals surface area contributed by atoms with Crippen molar-refractivity contribution in [3.05, 3.63) is 21.4 Å². The molecule has 3 nitrogen and oxygen atoms in total. The number of fused-ring (bicyclic) bond motifs is 1. The molecule has 4 heteroatoms. The summed E-state index contributed by atoms with van der Waals surface area (Å²) in [5.41, 5.74) is 1.38. The fraction of sp³-hybridized carbons (Fsp3) is 0.688. The van der Waals surface area contributed by atoms with Crippen LogP contribution in [-0.2, 0) is 12.8 Å². The molecule has 1 unspecified atom stereocenters. The highest BCUT2D eigenvalue weighted by molar-refractivity contribution is 7.14. The van der Waals surface area contributed by atoms with Crippen LogP contribution in [0.5, 0.6) is 0 Å². The van der Waals surface area contributed by atoms with Crippen molar-refractivity contribution >= 4 is 17.2 Å². The van der Waals surface area contributed by atoms with Gasteiger partial charge in [-0.25, -0.2) is 0 Å². The van der Waals surface area contributed by atoms with Crippen molar-refractivity contribution in [2.24, 2.45) is 0 Å². The molecule has 0 bridgehead atoms. The van der Waals surface area contributed by atoms with Crippen molar-refractivity contribution in [3.63, 3.8) is 0 Å². The number of aliphatic hydroxyl groups is 1. The molecular weight excluding hydrogens is 270 g/mol. The largest absolute Gasteiger partial charge is 0.393 e. The number of carbonyl (C=O) groups is 1. The molecule has 1 aromatic heterocycles. The van der Waals surface area contributed by atoms with Crippen molar-refractivity contribution in [3.8, 4) is 0 Å². The van der Waals surface area contributed by atoms with Gasteiger partial charge in [-0.2, -0.15) is 0 Å². The average molecular weight is 295 g/mol. The minimum atomic E-state index is -0.307. The number of hydrogen-bond acceptors (Lipinski definition) is 3. The summed E-state index contributed by atoms with van der Waals surface area (Å²) < 4.78 is 0. The summed E-state index contributed by atoms with van der Waals surface area (Å²) >= 11 is 1.66. The van der Waals surface area contributed by atoms with Crippen LogP contribution in [0.15, 0.2) is 6.07 Å². The van der Waals surface area contributed by atoms with E-state index in [0.29, 0.717) is 13.0 Å². The van der Waals surface area contributed by atoms with Gasteiger partial charge in [0.2, 0.25) is 0 Å². The van der Waals surface area contributed by atoms with Crippen molar-refractivity contribution in [2.45, 2.75) is 64.4 Å². The molecule has 0 radical (unpaired) electrons. The smallest absolute Gasteiger partial charge is 0.261 e. The van der Waals surface area contributed by atoms with Gasteiger partial charge in [0, 0.05) is 11.4 Å². The Morgan fingerprint density at radius 3 is 2.85 bits per heavy atom. The zero-order valence-electron chi connectivity index (χ0n) is 12.3. The molecule has 1 aromatic rings. The van der Waals surface area contributed by atoms with E-state index in [-0.39, 0.29) is 12.0 Å². The molecule has 1 aliphatic rings. The van der Waals surface area contributed by atoms with E-state index in [1.165, 1.54) is 36.1 Å². The molecule has 0 spiro atoms. The summed E-state index contributed by atoms with van der Waals surface area (Å²) in [5.74, 6) is 0.0186. The molecule has 1 atom stereocenters. The molecule has 1 amide bonds. The molecule has 0 fully saturated rings. The van der Waals surface area contributed by atoms with Gasteiger partial charge in [-0.3, -0.25) is 4.79 Å². The van der Waals surface area contributed by atoms with Gasteiger partial charge in [-0.15, -0.1) is 11.3 Å². The Kier molecular flexibility index (Phi) is 6.05. The lowest BCUT2D eigenvalue weighted by Crippen LogP contribution is -2.26. The van der Waals surface area contributed by atoms with Gasteiger partial charge in [0.05, 0.1) is 11.0 Å². The van der Waals surface area contributed by atoms with Crippen LogP contribution in [0, 0.1) is 0 Å². The minimum Gasteiger partial charge on any atom is -0.393 e. The number of hydrogen-bond donors (Lipinski definition) is 2. The number of nitrogens with one attached hydrogen (secondary N) is 1. The fourth-order valence-electron chi connectivity index (χ4n) is 2.60. The summed E-state index contributed by atoms with van der Waals surface area (Å²) in [7, 11) is 0. The Balaban J connectivity index is 1.91. The molecule has 2 rings (SSSR count). The van der Waals surface area contributed by atoms with E-state index in [4.69, 9.17) is 0 Å². The van der Waals surface area contributed by atoms with Crippen LogP contribution >= 0.6 is 11.3 Å². The summed E-state index contributed by atoms with van der Waals surface area (Å²) in [5, 5.41) is 12.4. The second kappa shape index (κ2) is 7.79. The maximum absolute atomic E-state index is 12.1. The first-order valence-corrected chi connectivity index (χ1v) is 8.60. The van der Waals surface area contributed by atoms with Crippen LogP contribution in [0.1, 0.15) is 65.6 Å². The quantitative estimate of drug-likeness (QED) is 0.875. The van der Waals surface area contributed by atoms with Gasteiger partial charge in [-0.05, 0) is 50.2 Å². The van der Waals surface area contributed by atoms with Crippen LogP contribution in [0.25, 0.3) is 0 Å². The van der Waals surface area contributed by atoms with Crippen molar-refractivity contribution in [1.82, 2.24) is 5.32 Å². The third-order valence-electron chi connectivity index (χ3n) is 3.95. The Bertz CT molecular complexity index is 416. The maximum atomic E-state index is 12.1. The molecule has 0 saturated heterocycles. The summed E-state index contributed by atoms with van der Waals surface area (Å²) in [6.07, 6.45) is 8.43. The maximum Gasteiger partial charge on any atom is 0.261 e. The molecule has 1 heterocycles. The molecule has 1 aliphatic carbocycles. The predicted octanol–water partition coefficient (Wildman–Crippen LogP) is 3.30. The Morgan fingerprint density at radius 1 is 1.35 bits per heavy atom. The lowest BCUT2D eigenvalue weighted by molar-refractivity contribution is 0.0946. The number of aryl methyl sites for hydroxylation is 2.